The molecule has 30 heavy (non-hydrogen) atoms. The second-order valence-corrected chi connectivity index (χ2v) is 6.72. The molecule has 10 heteroatoms. The van der Waals surface area contributed by atoms with Gasteiger partial charge in [-0.3, -0.25) is 9.59 Å². The number of benzene rings is 1. The van der Waals surface area contributed by atoms with E-state index in [2.05, 4.69) is 27.2 Å². The Morgan fingerprint density at radius 2 is 1.70 bits per heavy atom. The molecule has 5 N–H and O–H groups in total. The van der Waals surface area contributed by atoms with Gasteiger partial charge in [-0.1, -0.05) is 31.9 Å². The highest BCUT2D eigenvalue weighted by atomic mass is 16.5. The van der Waals surface area contributed by atoms with Crippen molar-refractivity contribution in [2.75, 3.05) is 11.9 Å². The van der Waals surface area contributed by atoms with E-state index < -0.39 is 36.1 Å². The van der Waals surface area contributed by atoms with Gasteiger partial charge in [0, 0.05) is 5.69 Å². The quantitative estimate of drug-likeness (QED) is 0.382. The van der Waals surface area contributed by atoms with Crippen LogP contribution in [0.25, 0.3) is 0 Å². The number of nitrogens with one attached hydrogen (secondary N) is 4. The van der Waals surface area contributed by atoms with Gasteiger partial charge < -0.3 is 31.1 Å². The zero-order valence-corrected chi connectivity index (χ0v) is 17.0. The maximum absolute atomic E-state index is 12.3. The summed E-state index contributed by atoms with van der Waals surface area (Å²) in [7, 11) is 0. The molecule has 1 aromatic carbocycles. The van der Waals surface area contributed by atoms with Gasteiger partial charge in [-0.15, -0.1) is 6.42 Å². The number of terminal acetylenes is 1. The van der Waals surface area contributed by atoms with Crippen molar-refractivity contribution < 1.29 is 29.0 Å². The maximum Gasteiger partial charge on any atom is 0.408 e. The Bertz CT molecular complexity index is 801. The second kappa shape index (κ2) is 12.0. The van der Waals surface area contributed by atoms with Crippen LogP contribution < -0.4 is 21.3 Å². The second-order valence-electron chi connectivity index (χ2n) is 6.72. The zero-order valence-electron chi connectivity index (χ0n) is 17.0. The molecule has 10 nitrogen and oxygen atoms in total. The number of hydrogen-bond donors (Lipinski definition) is 5. The number of carbonyl (C=O) groups is 4. The van der Waals surface area contributed by atoms with Crippen LogP contribution in [0, 0.1) is 18.3 Å². The van der Waals surface area contributed by atoms with Crippen molar-refractivity contribution in [1.29, 1.82) is 0 Å². The molecule has 0 unspecified atom stereocenters. The van der Waals surface area contributed by atoms with E-state index in [0.717, 1.165) is 0 Å². The van der Waals surface area contributed by atoms with Crippen molar-refractivity contribution in [3.63, 3.8) is 0 Å². The average Bonchev–Trinajstić information content (AvgIpc) is 2.69. The van der Waals surface area contributed by atoms with Crippen LogP contribution >= 0.6 is 0 Å². The molecule has 0 aliphatic heterocycles. The van der Waals surface area contributed by atoms with Gasteiger partial charge in [-0.25, -0.2) is 9.59 Å². The lowest BCUT2D eigenvalue weighted by atomic mass is 10.0. The molecule has 0 radical (unpaired) electrons. The minimum atomic E-state index is -1.32. The van der Waals surface area contributed by atoms with Crippen LogP contribution in [0.4, 0.5) is 15.3 Å². The third kappa shape index (κ3) is 8.52. The lowest BCUT2D eigenvalue weighted by molar-refractivity contribution is -0.128. The van der Waals surface area contributed by atoms with E-state index in [0.29, 0.717) is 11.3 Å². The van der Waals surface area contributed by atoms with E-state index >= 15 is 0 Å². The third-order valence-corrected chi connectivity index (χ3v) is 3.91. The van der Waals surface area contributed by atoms with Gasteiger partial charge in [-0.2, -0.15) is 0 Å². The fourth-order valence-electron chi connectivity index (χ4n) is 2.29. The molecule has 0 heterocycles. The van der Waals surface area contributed by atoms with Crippen molar-refractivity contribution in [3.05, 3.63) is 29.8 Å². The Morgan fingerprint density at radius 1 is 1.07 bits per heavy atom. The first kappa shape index (κ1) is 24.3. The molecule has 162 valence electrons. The molecular formula is C20H26N4O6. The molecule has 0 saturated carbocycles. The standard InChI is InChI=1S/C20H26N4O6/c1-5-10-21-20(29)30-11-14-6-8-15(9-7-14)23-17(25)13(4)22-18(26)16(12(2)3)24-19(27)28/h1,6-9,12-13,16,24H,10-11H2,2-4H3,(H,21,29)(H,22,26)(H,23,25)(H,27,28)/t13-,16-/m0/s1. The van der Waals surface area contributed by atoms with Crippen molar-refractivity contribution in [1.82, 2.24) is 16.0 Å². The summed E-state index contributed by atoms with van der Waals surface area (Å²) in [5, 5.41) is 18.5. The van der Waals surface area contributed by atoms with Crippen LogP contribution in [-0.2, 0) is 20.9 Å². The summed E-state index contributed by atoms with van der Waals surface area (Å²) < 4.78 is 4.97. The van der Waals surface area contributed by atoms with Crippen LogP contribution in [0.5, 0.6) is 0 Å². The predicted octanol–water partition coefficient (Wildman–Crippen LogP) is 1.28. The number of ether oxygens (including phenoxy) is 1. The summed E-state index contributed by atoms with van der Waals surface area (Å²) in [6.45, 7) is 4.97. The van der Waals surface area contributed by atoms with Crippen molar-refractivity contribution >= 4 is 29.7 Å². The molecule has 0 aromatic heterocycles. The highest BCUT2D eigenvalue weighted by molar-refractivity contribution is 5.98. The van der Waals surface area contributed by atoms with E-state index in [9.17, 15) is 19.2 Å². The Labute approximate surface area is 174 Å². The molecule has 2 atom stereocenters. The predicted molar refractivity (Wildman–Crippen MR) is 109 cm³/mol. The summed E-state index contributed by atoms with van der Waals surface area (Å²) in [5.41, 5.74) is 1.18. The van der Waals surface area contributed by atoms with E-state index in [1.54, 1.807) is 38.1 Å². The Hall–Kier alpha value is -3.74. The molecule has 0 bridgehead atoms. The van der Waals surface area contributed by atoms with Gasteiger partial charge in [0.15, 0.2) is 0 Å². The molecular weight excluding hydrogens is 392 g/mol. The molecule has 0 spiro atoms. The Balaban J connectivity index is 2.57. The largest absolute Gasteiger partial charge is 0.465 e. The Morgan fingerprint density at radius 3 is 2.23 bits per heavy atom. The molecule has 1 rings (SSSR count). The maximum atomic E-state index is 12.3. The first-order valence-electron chi connectivity index (χ1n) is 9.17. The minimum Gasteiger partial charge on any atom is -0.465 e. The van der Waals surface area contributed by atoms with Crippen LogP contribution in [0.15, 0.2) is 24.3 Å². The fourth-order valence-corrected chi connectivity index (χ4v) is 2.29. The summed E-state index contributed by atoms with van der Waals surface area (Å²) in [5.74, 6) is 0.898. The lowest BCUT2D eigenvalue weighted by Gasteiger charge is -2.22. The van der Waals surface area contributed by atoms with Gasteiger partial charge >= 0.3 is 12.2 Å². The first-order valence-corrected chi connectivity index (χ1v) is 9.17. The van der Waals surface area contributed by atoms with E-state index in [-0.39, 0.29) is 19.1 Å². The number of carboxylic acid groups (broad SMARTS) is 1. The number of alkyl carbamates (subject to hydrolysis) is 1. The molecule has 0 saturated heterocycles. The topological polar surface area (TPSA) is 146 Å². The first-order chi connectivity index (χ1) is 14.1. The highest BCUT2D eigenvalue weighted by Crippen LogP contribution is 2.11. The Kier molecular flexibility index (Phi) is 9.69. The van der Waals surface area contributed by atoms with Gasteiger partial charge in [0.2, 0.25) is 11.8 Å². The van der Waals surface area contributed by atoms with Crippen molar-refractivity contribution in [2.24, 2.45) is 5.92 Å². The van der Waals surface area contributed by atoms with Crippen LogP contribution in [0.3, 0.4) is 0 Å². The molecule has 4 amide bonds. The smallest absolute Gasteiger partial charge is 0.408 e. The summed E-state index contributed by atoms with van der Waals surface area (Å²) in [6.07, 6.45) is 3.08. The zero-order chi connectivity index (χ0) is 22.7. The summed E-state index contributed by atoms with van der Waals surface area (Å²) in [4.78, 5) is 46.7. The number of carbonyl (C=O) groups excluding carboxylic acids is 3. The normalized spacial score (nSPS) is 12.1. The van der Waals surface area contributed by atoms with Gasteiger partial charge in [0.25, 0.3) is 0 Å². The number of hydrogen-bond acceptors (Lipinski definition) is 5. The molecule has 0 fully saturated rings. The molecule has 0 aliphatic rings. The monoisotopic (exact) mass is 418 g/mol. The average molecular weight is 418 g/mol. The fraction of sp³-hybridized carbons (Fsp3) is 0.400. The summed E-state index contributed by atoms with van der Waals surface area (Å²) in [6, 6.07) is 4.70. The van der Waals surface area contributed by atoms with Crippen molar-refractivity contribution in [3.8, 4) is 12.3 Å². The minimum absolute atomic E-state index is 0.0320. The van der Waals surface area contributed by atoms with Gasteiger partial charge in [0.05, 0.1) is 6.54 Å². The number of rotatable bonds is 9. The van der Waals surface area contributed by atoms with Crippen molar-refractivity contribution in [2.45, 2.75) is 39.5 Å². The van der Waals surface area contributed by atoms with Crippen LogP contribution in [0.2, 0.25) is 0 Å². The molecule has 0 aliphatic carbocycles. The van der Waals surface area contributed by atoms with Gasteiger partial charge in [-0.05, 0) is 30.5 Å². The van der Waals surface area contributed by atoms with Crippen LogP contribution in [0.1, 0.15) is 26.3 Å². The highest BCUT2D eigenvalue weighted by Gasteiger charge is 2.26. The van der Waals surface area contributed by atoms with Crippen LogP contribution in [-0.4, -0.2) is 47.7 Å². The van der Waals surface area contributed by atoms with E-state index in [4.69, 9.17) is 16.3 Å². The number of amides is 4. The lowest BCUT2D eigenvalue weighted by Crippen LogP contribution is -2.53. The van der Waals surface area contributed by atoms with Gasteiger partial charge in [0.1, 0.15) is 18.7 Å². The molecule has 1 aromatic rings. The third-order valence-electron chi connectivity index (χ3n) is 3.91. The SMILES string of the molecule is C#CCNC(=O)OCc1ccc(NC(=O)[C@H](C)NC(=O)[C@@H](NC(=O)O)C(C)C)cc1. The summed E-state index contributed by atoms with van der Waals surface area (Å²) >= 11 is 0. The van der Waals surface area contributed by atoms with E-state index in [1.165, 1.54) is 6.92 Å². The number of anilines is 1. The van der Waals surface area contributed by atoms with E-state index in [1.807, 2.05) is 0 Å².